The van der Waals surface area contributed by atoms with Gasteiger partial charge in [0, 0.05) is 25.6 Å². The van der Waals surface area contributed by atoms with E-state index in [4.69, 9.17) is 4.74 Å². The van der Waals surface area contributed by atoms with Crippen molar-refractivity contribution in [2.24, 2.45) is 0 Å². The maximum atomic E-state index is 12.8. The fourth-order valence-electron chi connectivity index (χ4n) is 2.73. The third-order valence-electron chi connectivity index (χ3n) is 3.95. The molecule has 1 aromatic heterocycles. The highest BCUT2D eigenvalue weighted by molar-refractivity contribution is 5.90. The predicted octanol–water partition coefficient (Wildman–Crippen LogP) is 4.60. The third kappa shape index (κ3) is 3.84. The molecule has 0 unspecified atom stereocenters. The van der Waals surface area contributed by atoms with E-state index in [1.54, 1.807) is 13.2 Å². The average Bonchev–Trinajstić information content (AvgIpc) is 2.58. The van der Waals surface area contributed by atoms with Gasteiger partial charge in [-0.1, -0.05) is 12.1 Å². The van der Waals surface area contributed by atoms with E-state index in [1.165, 1.54) is 6.07 Å². The van der Waals surface area contributed by atoms with Gasteiger partial charge in [0.25, 0.3) is 0 Å². The molecular formula is C19H18F3N2O+. The molecule has 3 nitrogen and oxygen atoms in total. The fraction of sp³-hybridized carbons (Fsp3) is 0.211. The minimum Gasteiger partial charge on any atom is -0.497 e. The van der Waals surface area contributed by atoms with Crippen molar-refractivity contribution in [2.45, 2.75) is 19.6 Å². The second kappa shape index (κ2) is 6.63. The average molecular weight is 347 g/mol. The summed E-state index contributed by atoms with van der Waals surface area (Å²) in [6.07, 6.45) is -4.34. The van der Waals surface area contributed by atoms with Gasteiger partial charge in [-0.2, -0.15) is 13.2 Å². The van der Waals surface area contributed by atoms with Gasteiger partial charge in [-0.3, -0.25) is 0 Å². The Kier molecular flexibility index (Phi) is 4.53. The second-order valence-corrected chi connectivity index (χ2v) is 5.83. The van der Waals surface area contributed by atoms with Crippen LogP contribution in [0.2, 0.25) is 0 Å². The lowest BCUT2D eigenvalue weighted by Gasteiger charge is -2.11. The lowest BCUT2D eigenvalue weighted by atomic mass is 10.1. The number of anilines is 1. The van der Waals surface area contributed by atoms with Crippen molar-refractivity contribution in [1.82, 2.24) is 0 Å². The Labute approximate surface area is 143 Å². The summed E-state index contributed by atoms with van der Waals surface area (Å²) >= 11 is 0. The van der Waals surface area contributed by atoms with Crippen LogP contribution in [0.3, 0.4) is 0 Å². The number of aromatic amines is 1. The molecular weight excluding hydrogens is 329 g/mol. The number of hydrogen-bond acceptors (Lipinski definition) is 2. The van der Waals surface area contributed by atoms with Gasteiger partial charge in [-0.05, 0) is 29.8 Å². The first kappa shape index (κ1) is 17.1. The number of benzene rings is 2. The van der Waals surface area contributed by atoms with Crippen molar-refractivity contribution in [1.29, 1.82) is 0 Å². The van der Waals surface area contributed by atoms with E-state index in [0.717, 1.165) is 34.4 Å². The van der Waals surface area contributed by atoms with Crippen LogP contribution in [0.5, 0.6) is 5.75 Å². The number of rotatable bonds is 4. The highest BCUT2D eigenvalue weighted by atomic mass is 19.4. The van der Waals surface area contributed by atoms with Gasteiger partial charge < -0.3 is 10.1 Å². The quantitative estimate of drug-likeness (QED) is 0.748. The van der Waals surface area contributed by atoms with E-state index >= 15 is 0 Å². The Morgan fingerprint density at radius 1 is 1.08 bits per heavy atom. The van der Waals surface area contributed by atoms with Gasteiger partial charge >= 0.3 is 6.18 Å². The Morgan fingerprint density at radius 2 is 1.88 bits per heavy atom. The predicted molar refractivity (Wildman–Crippen MR) is 90.6 cm³/mol. The number of pyridine rings is 1. The smallest absolute Gasteiger partial charge is 0.416 e. The minimum atomic E-state index is -4.34. The lowest BCUT2D eigenvalue weighted by Crippen LogP contribution is -2.11. The zero-order chi connectivity index (χ0) is 18.0. The van der Waals surface area contributed by atoms with Crippen molar-refractivity contribution in [3.63, 3.8) is 0 Å². The molecule has 0 amide bonds. The van der Waals surface area contributed by atoms with Crippen LogP contribution in [0.25, 0.3) is 10.9 Å². The number of aryl methyl sites for hydroxylation is 1. The molecule has 2 aromatic carbocycles. The van der Waals surface area contributed by atoms with Crippen LogP contribution >= 0.6 is 0 Å². The lowest BCUT2D eigenvalue weighted by molar-refractivity contribution is -0.354. The molecule has 0 atom stereocenters. The van der Waals surface area contributed by atoms with Crippen molar-refractivity contribution in [3.05, 3.63) is 65.4 Å². The first-order chi connectivity index (χ1) is 11.9. The molecule has 1 heterocycles. The van der Waals surface area contributed by atoms with Crippen LogP contribution in [0.1, 0.15) is 16.8 Å². The largest absolute Gasteiger partial charge is 0.497 e. The SMILES string of the molecule is COc1ccc2[nH+]c(C)cc(NCc3cccc(C(F)(F)F)c3)c2c1. The number of ether oxygens (including phenoxy) is 1. The summed E-state index contributed by atoms with van der Waals surface area (Å²) in [5, 5.41) is 4.15. The molecule has 0 aliphatic rings. The number of hydrogen-bond donors (Lipinski definition) is 1. The summed E-state index contributed by atoms with van der Waals surface area (Å²) in [5.74, 6) is 0.715. The number of halogens is 3. The van der Waals surface area contributed by atoms with Crippen LogP contribution in [0, 0.1) is 6.92 Å². The summed E-state index contributed by atoms with van der Waals surface area (Å²) in [6.45, 7) is 2.22. The molecule has 3 rings (SSSR count). The van der Waals surface area contributed by atoms with Crippen LogP contribution in [0.15, 0.2) is 48.5 Å². The Bertz CT molecular complexity index is 907. The number of alkyl halides is 3. The first-order valence-electron chi connectivity index (χ1n) is 7.77. The van der Waals surface area contributed by atoms with Gasteiger partial charge in [-0.15, -0.1) is 0 Å². The Hall–Kier alpha value is -2.76. The summed E-state index contributed by atoms with van der Waals surface area (Å²) in [4.78, 5) is 3.26. The summed E-state index contributed by atoms with van der Waals surface area (Å²) in [5.41, 5.74) is 2.63. The Balaban J connectivity index is 1.90. The zero-order valence-electron chi connectivity index (χ0n) is 13.9. The number of nitrogens with one attached hydrogen (secondary N) is 2. The zero-order valence-corrected chi connectivity index (χ0v) is 13.9. The van der Waals surface area contributed by atoms with Crippen LogP contribution in [-0.2, 0) is 12.7 Å². The van der Waals surface area contributed by atoms with Gasteiger partial charge in [0.1, 0.15) is 5.75 Å². The molecule has 0 saturated heterocycles. The maximum Gasteiger partial charge on any atom is 0.416 e. The van der Waals surface area contributed by atoms with Crippen molar-refractivity contribution < 1.29 is 22.9 Å². The topological polar surface area (TPSA) is 35.4 Å². The molecule has 0 spiro atoms. The molecule has 130 valence electrons. The van der Waals surface area contributed by atoms with Gasteiger partial charge in [-0.25, -0.2) is 4.98 Å². The highest BCUT2D eigenvalue weighted by Crippen LogP contribution is 2.30. The molecule has 0 aliphatic heterocycles. The standard InChI is InChI=1S/C19H17F3N2O/c1-12-8-18(16-10-15(25-2)6-7-17(16)24-12)23-11-13-4-3-5-14(9-13)19(20,21)22/h3-10H,11H2,1-2H3,(H,23,24)/p+1. The van der Waals surface area contributed by atoms with E-state index < -0.39 is 11.7 Å². The molecule has 0 radical (unpaired) electrons. The fourth-order valence-corrected chi connectivity index (χ4v) is 2.73. The molecule has 25 heavy (non-hydrogen) atoms. The van der Waals surface area contributed by atoms with Crippen LogP contribution < -0.4 is 15.0 Å². The summed E-state index contributed by atoms with van der Waals surface area (Å²) < 4.78 is 43.8. The summed E-state index contributed by atoms with van der Waals surface area (Å²) in [6, 6.07) is 12.9. The molecule has 0 aliphatic carbocycles. The molecule has 0 fully saturated rings. The second-order valence-electron chi connectivity index (χ2n) is 5.83. The summed E-state index contributed by atoms with van der Waals surface area (Å²) in [7, 11) is 1.59. The molecule has 2 N–H and O–H groups in total. The monoisotopic (exact) mass is 347 g/mol. The van der Waals surface area contributed by atoms with E-state index in [2.05, 4.69) is 10.3 Å². The normalized spacial score (nSPS) is 11.6. The third-order valence-corrected chi connectivity index (χ3v) is 3.95. The maximum absolute atomic E-state index is 12.8. The van der Waals surface area contributed by atoms with Crippen molar-refractivity contribution in [2.75, 3.05) is 12.4 Å². The van der Waals surface area contributed by atoms with Gasteiger partial charge in [0.05, 0.1) is 23.7 Å². The van der Waals surface area contributed by atoms with Gasteiger partial charge in [0.2, 0.25) is 5.52 Å². The molecule has 3 aromatic rings. The molecule has 6 heteroatoms. The van der Waals surface area contributed by atoms with Crippen molar-refractivity contribution >= 4 is 16.6 Å². The molecule has 0 saturated carbocycles. The minimum absolute atomic E-state index is 0.291. The van der Waals surface area contributed by atoms with E-state index in [-0.39, 0.29) is 0 Å². The first-order valence-corrected chi connectivity index (χ1v) is 7.77. The van der Waals surface area contributed by atoms with E-state index in [1.807, 2.05) is 31.2 Å². The van der Waals surface area contributed by atoms with Crippen LogP contribution in [-0.4, -0.2) is 7.11 Å². The number of fused-ring (bicyclic) bond motifs is 1. The number of aromatic nitrogens is 1. The number of H-pyrrole nitrogens is 1. The number of methoxy groups -OCH3 is 1. The van der Waals surface area contributed by atoms with E-state index in [9.17, 15) is 13.2 Å². The highest BCUT2D eigenvalue weighted by Gasteiger charge is 2.30. The van der Waals surface area contributed by atoms with Gasteiger partial charge in [0.15, 0.2) is 5.69 Å². The van der Waals surface area contributed by atoms with Crippen molar-refractivity contribution in [3.8, 4) is 5.75 Å². The molecule has 0 bridgehead atoms. The van der Waals surface area contributed by atoms with E-state index in [0.29, 0.717) is 17.9 Å². The van der Waals surface area contributed by atoms with Crippen LogP contribution in [0.4, 0.5) is 18.9 Å². The Morgan fingerprint density at radius 3 is 2.60 bits per heavy atom.